The van der Waals surface area contributed by atoms with E-state index in [-0.39, 0.29) is 10.9 Å². The molecule has 7 nitrogen and oxygen atoms in total. The number of hydrogen-bond donors (Lipinski definition) is 2. The van der Waals surface area contributed by atoms with Gasteiger partial charge >= 0.3 is 0 Å². The highest BCUT2D eigenvalue weighted by atomic mass is 32.2. The number of benzene rings is 1. The topological polar surface area (TPSA) is 88.9 Å². The van der Waals surface area contributed by atoms with Crippen LogP contribution in [0.4, 0.5) is 5.82 Å². The molecule has 0 spiro atoms. The minimum Gasteiger partial charge on any atom is -0.363 e. The maximum Gasteiger partial charge on any atom is 0.242 e. The number of aryl methyl sites for hydroxylation is 2. The number of imidazole rings is 1. The molecule has 2 aromatic heterocycles. The van der Waals surface area contributed by atoms with Crippen molar-refractivity contribution in [3.63, 3.8) is 0 Å². The summed E-state index contributed by atoms with van der Waals surface area (Å²) in [4.78, 5) is 8.84. The molecule has 1 aromatic carbocycles. The van der Waals surface area contributed by atoms with Crippen molar-refractivity contribution >= 4 is 15.8 Å². The number of anilines is 1. The van der Waals surface area contributed by atoms with Gasteiger partial charge in [0.25, 0.3) is 0 Å². The fraction of sp³-hybridized carbons (Fsp3) is 0.364. The van der Waals surface area contributed by atoms with Crippen LogP contribution in [0, 0.1) is 0 Å². The first-order valence-electron chi connectivity index (χ1n) is 10.2. The van der Waals surface area contributed by atoms with Crippen LogP contribution in [0.1, 0.15) is 38.1 Å². The van der Waals surface area contributed by atoms with Crippen molar-refractivity contribution in [1.29, 1.82) is 0 Å². The second-order valence-corrected chi connectivity index (χ2v) is 9.03. The van der Waals surface area contributed by atoms with E-state index in [0.29, 0.717) is 12.4 Å². The third-order valence-electron chi connectivity index (χ3n) is 4.84. The lowest BCUT2D eigenvalue weighted by molar-refractivity contribution is 0.543. The summed E-state index contributed by atoms with van der Waals surface area (Å²) in [5.74, 6) is 1.51. The average molecular weight is 428 g/mol. The molecule has 0 saturated heterocycles. The lowest BCUT2D eigenvalue weighted by Crippen LogP contribution is -2.32. The Balaban J connectivity index is 1.56. The highest BCUT2D eigenvalue weighted by molar-refractivity contribution is 7.89. The SMILES string of the molecule is CCCC(C)NS(=O)(=O)c1ccc(NCc2nccn2CCc2ccccc2)nc1. The van der Waals surface area contributed by atoms with Gasteiger partial charge in [0.05, 0.1) is 6.54 Å². The Bertz CT molecular complexity index is 1020. The largest absolute Gasteiger partial charge is 0.363 e. The standard InChI is InChI=1S/C22H29N5O2S/c1-3-7-18(2)26-30(28,29)20-10-11-21(24-16-20)25-17-22-23-13-15-27(22)14-12-19-8-5-4-6-9-19/h4-6,8-11,13,15-16,18,26H,3,7,12,14,17H2,1-2H3,(H,24,25). The molecule has 0 aliphatic rings. The van der Waals surface area contributed by atoms with E-state index in [1.807, 2.05) is 38.2 Å². The van der Waals surface area contributed by atoms with Crippen molar-refractivity contribution in [1.82, 2.24) is 19.3 Å². The summed E-state index contributed by atoms with van der Waals surface area (Å²) in [6.45, 7) is 5.24. The molecule has 0 fully saturated rings. The van der Waals surface area contributed by atoms with Crippen molar-refractivity contribution in [3.8, 4) is 0 Å². The summed E-state index contributed by atoms with van der Waals surface area (Å²) >= 11 is 0. The predicted octanol–water partition coefficient (Wildman–Crippen LogP) is 3.60. The Kier molecular flexibility index (Phi) is 7.59. The Morgan fingerprint density at radius 2 is 1.90 bits per heavy atom. The first kappa shape index (κ1) is 22.0. The van der Waals surface area contributed by atoms with E-state index in [4.69, 9.17) is 0 Å². The third-order valence-corrected chi connectivity index (χ3v) is 6.41. The van der Waals surface area contributed by atoms with Crippen LogP contribution in [0.3, 0.4) is 0 Å². The first-order chi connectivity index (χ1) is 14.5. The van der Waals surface area contributed by atoms with Gasteiger partial charge in [-0.3, -0.25) is 0 Å². The van der Waals surface area contributed by atoms with Crippen LogP contribution in [0.2, 0.25) is 0 Å². The van der Waals surface area contributed by atoms with Crippen LogP contribution >= 0.6 is 0 Å². The van der Waals surface area contributed by atoms with Gasteiger partial charge in [-0.2, -0.15) is 0 Å². The van der Waals surface area contributed by atoms with Crippen LogP contribution in [0.15, 0.2) is 66.0 Å². The number of pyridine rings is 1. The summed E-state index contributed by atoms with van der Waals surface area (Å²) in [5.41, 5.74) is 1.28. The molecule has 0 saturated carbocycles. The van der Waals surface area contributed by atoms with Crippen LogP contribution in [-0.4, -0.2) is 29.0 Å². The molecule has 0 amide bonds. The molecule has 3 rings (SSSR count). The minimum absolute atomic E-state index is 0.104. The summed E-state index contributed by atoms with van der Waals surface area (Å²) in [7, 11) is -3.55. The molecule has 30 heavy (non-hydrogen) atoms. The van der Waals surface area contributed by atoms with E-state index in [1.54, 1.807) is 18.3 Å². The van der Waals surface area contributed by atoms with E-state index in [1.165, 1.54) is 11.8 Å². The zero-order valence-electron chi connectivity index (χ0n) is 17.5. The average Bonchev–Trinajstić information content (AvgIpc) is 3.19. The van der Waals surface area contributed by atoms with Crippen LogP contribution in [-0.2, 0) is 29.5 Å². The van der Waals surface area contributed by atoms with Crippen LogP contribution in [0.25, 0.3) is 0 Å². The van der Waals surface area contributed by atoms with Gasteiger partial charge in [-0.15, -0.1) is 0 Å². The van der Waals surface area contributed by atoms with Gasteiger partial charge < -0.3 is 9.88 Å². The molecular weight excluding hydrogens is 398 g/mol. The van der Waals surface area contributed by atoms with Gasteiger partial charge in [0, 0.05) is 31.2 Å². The normalized spacial score (nSPS) is 12.6. The lowest BCUT2D eigenvalue weighted by atomic mass is 10.1. The van der Waals surface area contributed by atoms with Crippen LogP contribution in [0.5, 0.6) is 0 Å². The zero-order chi connectivity index (χ0) is 21.4. The highest BCUT2D eigenvalue weighted by Gasteiger charge is 2.17. The highest BCUT2D eigenvalue weighted by Crippen LogP contribution is 2.13. The van der Waals surface area contributed by atoms with E-state index < -0.39 is 10.0 Å². The predicted molar refractivity (Wildman–Crippen MR) is 119 cm³/mol. The number of nitrogens with zero attached hydrogens (tertiary/aromatic N) is 3. The number of sulfonamides is 1. The third kappa shape index (κ3) is 6.14. The second-order valence-electron chi connectivity index (χ2n) is 7.32. The monoisotopic (exact) mass is 427 g/mol. The van der Waals surface area contributed by atoms with E-state index in [9.17, 15) is 8.42 Å². The molecule has 0 aliphatic heterocycles. The molecule has 0 bridgehead atoms. The Morgan fingerprint density at radius 3 is 2.60 bits per heavy atom. The molecule has 1 atom stereocenters. The fourth-order valence-corrected chi connectivity index (χ4v) is 4.47. The first-order valence-corrected chi connectivity index (χ1v) is 11.7. The Labute approximate surface area is 178 Å². The molecule has 160 valence electrons. The summed E-state index contributed by atoms with van der Waals surface area (Å²) < 4.78 is 29.6. The van der Waals surface area contributed by atoms with Gasteiger partial charge in [-0.05, 0) is 37.5 Å². The van der Waals surface area contributed by atoms with Crippen molar-refractivity contribution in [3.05, 3.63) is 72.4 Å². The molecule has 0 radical (unpaired) electrons. The smallest absolute Gasteiger partial charge is 0.242 e. The van der Waals surface area contributed by atoms with Crippen molar-refractivity contribution < 1.29 is 8.42 Å². The van der Waals surface area contributed by atoms with Gasteiger partial charge in [-0.1, -0.05) is 43.7 Å². The van der Waals surface area contributed by atoms with Crippen molar-refractivity contribution in [2.24, 2.45) is 0 Å². The molecule has 1 unspecified atom stereocenters. The molecule has 3 aromatic rings. The second kappa shape index (κ2) is 10.4. The number of hydrogen-bond acceptors (Lipinski definition) is 5. The van der Waals surface area contributed by atoms with E-state index in [0.717, 1.165) is 31.6 Å². The fourth-order valence-electron chi connectivity index (χ4n) is 3.24. The van der Waals surface area contributed by atoms with Crippen molar-refractivity contribution in [2.45, 2.75) is 57.1 Å². The van der Waals surface area contributed by atoms with Crippen LogP contribution < -0.4 is 10.0 Å². The molecule has 2 heterocycles. The van der Waals surface area contributed by atoms with Gasteiger partial charge in [0.2, 0.25) is 10.0 Å². The summed E-state index contributed by atoms with van der Waals surface area (Å²) in [5, 5.41) is 3.22. The lowest BCUT2D eigenvalue weighted by Gasteiger charge is -2.13. The Hall–Kier alpha value is -2.71. The minimum atomic E-state index is -3.55. The quantitative estimate of drug-likeness (QED) is 0.488. The molecule has 8 heteroatoms. The maximum atomic E-state index is 12.4. The number of rotatable bonds is 11. The molecular formula is C22H29N5O2S. The van der Waals surface area contributed by atoms with Gasteiger partial charge in [0.1, 0.15) is 16.5 Å². The summed E-state index contributed by atoms with van der Waals surface area (Å²) in [6, 6.07) is 13.5. The Morgan fingerprint density at radius 1 is 1.10 bits per heavy atom. The maximum absolute atomic E-state index is 12.4. The molecule has 0 aliphatic carbocycles. The zero-order valence-corrected chi connectivity index (χ0v) is 18.3. The van der Waals surface area contributed by atoms with E-state index >= 15 is 0 Å². The van der Waals surface area contributed by atoms with Gasteiger partial charge in [-0.25, -0.2) is 23.1 Å². The molecule has 2 N–H and O–H groups in total. The van der Waals surface area contributed by atoms with E-state index in [2.05, 4.69) is 36.7 Å². The number of nitrogens with one attached hydrogen (secondary N) is 2. The van der Waals surface area contributed by atoms with Crippen molar-refractivity contribution in [2.75, 3.05) is 5.32 Å². The van der Waals surface area contributed by atoms with Gasteiger partial charge in [0.15, 0.2) is 0 Å². The summed E-state index contributed by atoms with van der Waals surface area (Å²) in [6.07, 6.45) is 7.78. The number of aromatic nitrogens is 3.